The van der Waals surface area contributed by atoms with Crippen LogP contribution >= 0.6 is 28.2 Å². The van der Waals surface area contributed by atoms with Crippen molar-refractivity contribution in [2.75, 3.05) is 0 Å². The van der Waals surface area contributed by atoms with Crippen molar-refractivity contribution in [1.29, 1.82) is 0 Å². The van der Waals surface area contributed by atoms with Crippen LogP contribution in [0.3, 0.4) is 0 Å². The molecule has 0 unspecified atom stereocenters. The van der Waals surface area contributed by atoms with E-state index >= 15 is 0 Å². The van der Waals surface area contributed by atoms with E-state index in [1.165, 1.54) is 10.4 Å². The molecular formula is C24H26Br2FeN4Si2. The molecule has 4 aromatic rings. The van der Waals surface area contributed by atoms with Gasteiger partial charge in [-0.2, -0.15) is 0 Å². The first-order chi connectivity index (χ1) is 16.0. The average molecular weight is 642 g/mol. The van der Waals surface area contributed by atoms with E-state index in [1.807, 2.05) is 48.8 Å². The quantitative estimate of drug-likeness (QED) is 0.261. The maximum absolute atomic E-state index is 4.43. The molecule has 4 heterocycles. The van der Waals surface area contributed by atoms with Crippen molar-refractivity contribution in [3.8, 4) is 22.8 Å². The zero-order chi connectivity index (χ0) is 24.1. The van der Waals surface area contributed by atoms with Gasteiger partial charge in [0.2, 0.25) is 0 Å². The zero-order valence-electron chi connectivity index (χ0n) is 19.0. The summed E-state index contributed by atoms with van der Waals surface area (Å²) in [6.07, 6.45) is 7.52. The third-order valence-corrected chi connectivity index (χ3v) is 7.44. The Morgan fingerprint density at radius 2 is 0.909 bits per heavy atom. The summed E-state index contributed by atoms with van der Waals surface area (Å²) in [4.78, 5) is 17.4. The minimum absolute atomic E-state index is 0.393. The van der Waals surface area contributed by atoms with E-state index in [0.29, 0.717) is 0 Å². The summed E-state index contributed by atoms with van der Waals surface area (Å²) in [7, 11) is -0.786. The number of hydrogen-bond acceptors (Lipinski definition) is 4. The van der Waals surface area contributed by atoms with Crippen LogP contribution in [-0.2, 0) is 11.3 Å². The molecule has 0 atom stereocenters. The van der Waals surface area contributed by atoms with Gasteiger partial charge in [-0.15, -0.1) is 0 Å². The number of rotatable bonds is 4. The van der Waals surface area contributed by atoms with E-state index in [9.17, 15) is 0 Å². The molecule has 4 aromatic heterocycles. The molecule has 0 aliphatic rings. The van der Waals surface area contributed by atoms with Crippen molar-refractivity contribution >= 4 is 56.2 Å². The second kappa shape index (κ2) is 15.4. The predicted octanol–water partition coefficient (Wildman–Crippen LogP) is 5.90. The molecular weight excluding hydrogens is 616 g/mol. The monoisotopic (exact) mass is 640 g/mol. The van der Waals surface area contributed by atoms with E-state index in [-0.39, 0.29) is 0 Å². The Bertz CT molecular complexity index is 966. The van der Waals surface area contributed by atoms with Crippen molar-refractivity contribution in [2.24, 2.45) is 0 Å². The van der Waals surface area contributed by atoms with Crippen LogP contribution in [0.25, 0.3) is 22.8 Å². The molecule has 33 heavy (non-hydrogen) atoms. The molecule has 0 aliphatic carbocycles. The third kappa shape index (κ3) is 9.72. The number of hydrogen-bond donors (Lipinski definition) is 0. The van der Waals surface area contributed by atoms with Gasteiger partial charge < -0.3 is 0 Å². The Morgan fingerprint density at radius 1 is 0.545 bits per heavy atom. The Morgan fingerprint density at radius 3 is 1.15 bits per heavy atom. The summed E-state index contributed by atoms with van der Waals surface area (Å²) in [6.45, 7) is 9.06. The normalized spacial score (nSPS) is 10.3. The topological polar surface area (TPSA) is 51.6 Å². The summed E-state index contributed by atoms with van der Waals surface area (Å²) in [5.74, 6) is 0. The van der Waals surface area contributed by atoms with Crippen LogP contribution in [0.2, 0.25) is 26.2 Å². The molecule has 0 aromatic carbocycles. The van der Waals surface area contributed by atoms with Crippen LogP contribution < -0.4 is 10.4 Å². The van der Waals surface area contributed by atoms with Crippen LogP contribution in [0.1, 0.15) is 0 Å². The molecule has 4 nitrogen and oxygen atoms in total. The van der Waals surface area contributed by atoms with Crippen molar-refractivity contribution in [3.63, 3.8) is 0 Å². The molecule has 0 aliphatic heterocycles. The van der Waals surface area contributed by atoms with Crippen molar-refractivity contribution in [2.45, 2.75) is 26.2 Å². The van der Waals surface area contributed by atoms with Crippen LogP contribution in [0.4, 0.5) is 0 Å². The molecule has 9 heteroatoms. The van der Waals surface area contributed by atoms with Gasteiger partial charge >= 0.3 is 39.6 Å². The number of pyridine rings is 4. The number of nitrogens with zero attached hydrogens (tertiary/aromatic N) is 4. The van der Waals surface area contributed by atoms with E-state index < -0.39 is 17.6 Å². The molecule has 4 rings (SSSR count). The minimum atomic E-state index is -0.393. The van der Waals surface area contributed by atoms with Gasteiger partial charge in [-0.05, 0) is 46.8 Å². The molecule has 0 saturated carbocycles. The zero-order valence-corrected chi connectivity index (χ0v) is 25.3. The molecule has 0 saturated heterocycles. The maximum atomic E-state index is 4.43. The van der Waals surface area contributed by atoms with Gasteiger partial charge in [-0.1, -0.05) is 50.5 Å². The SMILES string of the molecule is C[Si](C)c1ccc(-c2ccccn2)nc1.C[Si](C)c1ccc(-c2ccccn2)nc1.[Br][Fe][Br]. The Labute approximate surface area is 220 Å². The fourth-order valence-electron chi connectivity index (χ4n) is 2.71. The molecule has 172 valence electrons. The molecule has 0 spiro atoms. The summed E-state index contributed by atoms with van der Waals surface area (Å²) in [5.41, 5.74) is 3.76. The molecule has 0 bridgehead atoms. The van der Waals surface area contributed by atoms with Crippen molar-refractivity contribution in [1.82, 2.24) is 19.9 Å². The van der Waals surface area contributed by atoms with Crippen LogP contribution in [0.15, 0.2) is 85.5 Å². The summed E-state index contributed by atoms with van der Waals surface area (Å²) >= 11 is 7.00. The first-order valence-corrected chi connectivity index (χ1v) is 20.6. The Hall–Kier alpha value is -1.49. The molecule has 0 N–H and O–H groups in total. The van der Waals surface area contributed by atoms with Crippen LogP contribution in [0, 0.1) is 0 Å². The summed E-state index contributed by atoms with van der Waals surface area (Å²) in [6, 6.07) is 20.2. The van der Waals surface area contributed by atoms with E-state index in [2.05, 4.69) is 98.6 Å². The predicted molar refractivity (Wildman–Crippen MR) is 147 cm³/mol. The van der Waals surface area contributed by atoms with Crippen molar-refractivity contribution < 1.29 is 11.3 Å². The fraction of sp³-hybridized carbons (Fsp3) is 0.167. The second-order valence-electron chi connectivity index (χ2n) is 7.34. The van der Waals surface area contributed by atoms with E-state index in [0.717, 1.165) is 34.1 Å². The second-order valence-corrected chi connectivity index (χ2v) is 18.1. The average Bonchev–Trinajstić information content (AvgIpc) is 2.86. The van der Waals surface area contributed by atoms with Crippen LogP contribution in [-0.4, -0.2) is 37.5 Å². The number of aromatic nitrogens is 4. The first kappa shape index (κ1) is 27.8. The first-order valence-electron chi connectivity index (χ1n) is 10.2. The van der Waals surface area contributed by atoms with E-state index in [1.54, 1.807) is 12.4 Å². The van der Waals surface area contributed by atoms with Gasteiger partial charge in [0.05, 0.1) is 40.4 Å². The van der Waals surface area contributed by atoms with Gasteiger partial charge in [-0.3, -0.25) is 19.9 Å². The Kier molecular flexibility index (Phi) is 13.0. The van der Waals surface area contributed by atoms with Gasteiger partial charge in [0.15, 0.2) is 0 Å². The van der Waals surface area contributed by atoms with E-state index in [4.69, 9.17) is 0 Å². The molecule has 0 amide bonds. The molecule has 0 fully saturated rings. The Balaban J connectivity index is 0.000000209. The van der Waals surface area contributed by atoms with Gasteiger partial charge in [0.1, 0.15) is 0 Å². The van der Waals surface area contributed by atoms with Crippen molar-refractivity contribution in [3.05, 3.63) is 85.5 Å². The van der Waals surface area contributed by atoms with Gasteiger partial charge in [0.25, 0.3) is 0 Å². The summed E-state index contributed by atoms with van der Waals surface area (Å²) < 4.78 is 0. The van der Waals surface area contributed by atoms with Gasteiger partial charge in [0, 0.05) is 24.8 Å². The standard InChI is InChI=1S/2C12H13N2Si.2BrH.Fe/c2*1-15(2)10-6-7-12(14-9-10)11-5-3-4-8-13-11;;;/h2*3-9H,1-2H3;2*1H;/q;;;;+2/p-2. The van der Waals surface area contributed by atoms with Crippen LogP contribution in [0.5, 0.6) is 0 Å². The van der Waals surface area contributed by atoms with Gasteiger partial charge in [-0.25, -0.2) is 0 Å². The summed E-state index contributed by atoms with van der Waals surface area (Å²) in [5, 5.41) is 2.72. The third-order valence-electron chi connectivity index (χ3n) is 4.54. The molecule has 2 radical (unpaired) electrons. The number of halogens is 2. The fourth-order valence-corrected chi connectivity index (χ4v) is 4.19.